The number of rotatable bonds is 3. The molecule has 2 amide bonds. The van der Waals surface area contributed by atoms with Crippen molar-refractivity contribution in [3.8, 4) is 0 Å². The summed E-state index contributed by atoms with van der Waals surface area (Å²) in [4.78, 5) is 24.8. The first kappa shape index (κ1) is 14.0. The maximum atomic E-state index is 12.0. The van der Waals surface area contributed by atoms with Crippen LogP contribution < -0.4 is 10.6 Å². The third kappa shape index (κ3) is 3.20. The van der Waals surface area contributed by atoms with Gasteiger partial charge in [0.15, 0.2) is 0 Å². The Hall–Kier alpha value is -1.99. The first-order chi connectivity index (χ1) is 10.1. The molecule has 0 spiro atoms. The van der Waals surface area contributed by atoms with Gasteiger partial charge >= 0.3 is 0 Å². The molecule has 2 heterocycles. The highest BCUT2D eigenvalue weighted by Crippen LogP contribution is 2.38. The normalized spacial score (nSPS) is 17.0. The number of carbonyl (C=O) groups excluding carboxylic acids is 2. The molecule has 6 nitrogen and oxygen atoms in total. The number of nitrogens with one attached hydrogen (secondary N) is 3. The lowest BCUT2D eigenvalue weighted by Crippen LogP contribution is -2.32. The fourth-order valence-electron chi connectivity index (χ4n) is 1.95. The highest BCUT2D eigenvalue weighted by atomic mass is 35.5. The molecule has 3 N–H and O–H groups in total. The smallest absolute Gasteiger partial charge is 0.238 e. The van der Waals surface area contributed by atoms with E-state index in [1.807, 2.05) is 6.07 Å². The highest BCUT2D eigenvalue weighted by molar-refractivity contribution is 8.01. The molecule has 8 heteroatoms. The van der Waals surface area contributed by atoms with Crippen LogP contribution in [0.5, 0.6) is 0 Å². The fraction of sp³-hybridized carbons (Fsp3) is 0.154. The molecule has 0 bridgehead atoms. The lowest BCUT2D eigenvalue weighted by Gasteiger charge is -2.23. The van der Waals surface area contributed by atoms with Crippen LogP contribution in [0.2, 0.25) is 5.02 Å². The number of anilines is 2. The zero-order valence-electron chi connectivity index (χ0n) is 10.7. The number of carbonyl (C=O) groups is 2. The van der Waals surface area contributed by atoms with Gasteiger partial charge in [0.25, 0.3) is 0 Å². The molecule has 0 saturated carbocycles. The van der Waals surface area contributed by atoms with Gasteiger partial charge in [-0.25, -0.2) is 0 Å². The lowest BCUT2D eigenvalue weighted by atomic mass is 10.2. The number of aromatic nitrogens is 2. The molecule has 1 aromatic carbocycles. The van der Waals surface area contributed by atoms with Crippen LogP contribution in [0.4, 0.5) is 11.5 Å². The Morgan fingerprint density at radius 2 is 2.29 bits per heavy atom. The van der Waals surface area contributed by atoms with Crippen molar-refractivity contribution in [2.24, 2.45) is 0 Å². The van der Waals surface area contributed by atoms with Crippen LogP contribution in [0, 0.1) is 0 Å². The van der Waals surface area contributed by atoms with Gasteiger partial charge in [-0.3, -0.25) is 14.7 Å². The summed E-state index contributed by atoms with van der Waals surface area (Å²) in [7, 11) is 0. The molecule has 2 aromatic rings. The van der Waals surface area contributed by atoms with Gasteiger partial charge in [-0.15, -0.1) is 11.8 Å². The molecule has 108 valence electrons. The van der Waals surface area contributed by atoms with E-state index in [9.17, 15) is 9.59 Å². The third-order valence-electron chi connectivity index (χ3n) is 2.91. The minimum absolute atomic E-state index is 0.0809. The Bertz CT molecular complexity index is 689. The van der Waals surface area contributed by atoms with Crippen molar-refractivity contribution in [2.45, 2.75) is 16.6 Å². The summed E-state index contributed by atoms with van der Waals surface area (Å²) in [6.45, 7) is 0. The number of hydrogen-bond donors (Lipinski definition) is 3. The van der Waals surface area contributed by atoms with Crippen molar-refractivity contribution in [3.63, 3.8) is 0 Å². The van der Waals surface area contributed by atoms with Gasteiger partial charge in [0.05, 0.1) is 17.1 Å². The number of halogens is 1. The monoisotopic (exact) mass is 322 g/mol. The van der Waals surface area contributed by atoms with Gasteiger partial charge in [-0.05, 0) is 18.2 Å². The van der Waals surface area contributed by atoms with Crippen molar-refractivity contribution in [1.82, 2.24) is 10.2 Å². The maximum absolute atomic E-state index is 12.0. The third-order valence-corrected chi connectivity index (χ3v) is 4.42. The van der Waals surface area contributed by atoms with Crippen LogP contribution in [0.1, 0.15) is 6.42 Å². The maximum Gasteiger partial charge on any atom is 0.238 e. The number of fused-ring (bicyclic) bond motifs is 1. The largest absolute Gasteiger partial charge is 0.324 e. The van der Waals surface area contributed by atoms with Crippen molar-refractivity contribution >= 4 is 46.7 Å². The fourth-order valence-corrected chi connectivity index (χ4v) is 3.21. The van der Waals surface area contributed by atoms with E-state index in [2.05, 4.69) is 20.8 Å². The van der Waals surface area contributed by atoms with Crippen LogP contribution in [0.25, 0.3) is 0 Å². The Morgan fingerprint density at radius 3 is 3.05 bits per heavy atom. The Morgan fingerprint density at radius 1 is 1.43 bits per heavy atom. The lowest BCUT2D eigenvalue weighted by molar-refractivity contribution is -0.120. The zero-order chi connectivity index (χ0) is 14.8. The van der Waals surface area contributed by atoms with Crippen LogP contribution >= 0.6 is 23.4 Å². The molecule has 1 atom stereocenters. The number of thioether (sulfide) groups is 1. The summed E-state index contributed by atoms with van der Waals surface area (Å²) in [5.41, 5.74) is 0.683. The van der Waals surface area contributed by atoms with Gasteiger partial charge in [0, 0.05) is 22.4 Å². The minimum Gasteiger partial charge on any atom is -0.324 e. The van der Waals surface area contributed by atoms with Crippen LogP contribution in [0.3, 0.4) is 0 Å². The van der Waals surface area contributed by atoms with Gasteiger partial charge < -0.3 is 10.6 Å². The van der Waals surface area contributed by atoms with E-state index in [1.54, 1.807) is 18.2 Å². The molecule has 1 unspecified atom stereocenters. The van der Waals surface area contributed by atoms with E-state index in [0.29, 0.717) is 16.5 Å². The molecular weight excluding hydrogens is 312 g/mol. The van der Waals surface area contributed by atoms with E-state index in [-0.39, 0.29) is 18.2 Å². The van der Waals surface area contributed by atoms with Gasteiger partial charge in [0.2, 0.25) is 11.8 Å². The van der Waals surface area contributed by atoms with Gasteiger partial charge in [-0.2, -0.15) is 5.10 Å². The molecule has 1 aliphatic rings. The van der Waals surface area contributed by atoms with Gasteiger partial charge in [0.1, 0.15) is 5.82 Å². The molecule has 21 heavy (non-hydrogen) atoms. The Balaban J connectivity index is 1.68. The second kappa shape index (κ2) is 5.79. The number of benzene rings is 1. The summed E-state index contributed by atoms with van der Waals surface area (Å²) >= 11 is 7.25. The number of aromatic amines is 1. The Labute approximate surface area is 129 Å². The summed E-state index contributed by atoms with van der Waals surface area (Å²) in [6.07, 6.45) is 1.62. The molecular formula is C13H11ClN4O2S. The molecule has 0 saturated heterocycles. The predicted octanol–water partition coefficient (Wildman–Crippen LogP) is 2.50. The molecule has 0 radical (unpaired) electrons. The topological polar surface area (TPSA) is 86.9 Å². The zero-order valence-corrected chi connectivity index (χ0v) is 12.3. The number of amides is 2. The number of H-pyrrole nitrogens is 1. The van der Waals surface area contributed by atoms with Crippen LogP contribution in [-0.4, -0.2) is 27.3 Å². The van der Waals surface area contributed by atoms with E-state index in [1.165, 1.54) is 18.0 Å². The first-order valence-electron chi connectivity index (χ1n) is 6.18. The summed E-state index contributed by atoms with van der Waals surface area (Å²) in [5.74, 6) is 0.0623. The van der Waals surface area contributed by atoms with Gasteiger partial charge in [-0.1, -0.05) is 11.6 Å². The van der Waals surface area contributed by atoms with Crippen molar-refractivity contribution in [3.05, 3.63) is 35.5 Å². The predicted molar refractivity (Wildman–Crippen MR) is 81.6 cm³/mol. The molecule has 0 aliphatic carbocycles. The molecule has 1 aromatic heterocycles. The average molecular weight is 323 g/mol. The number of nitrogens with zero attached hydrogens (tertiary/aromatic N) is 1. The second-order valence-electron chi connectivity index (χ2n) is 4.46. The highest BCUT2D eigenvalue weighted by Gasteiger charge is 2.29. The van der Waals surface area contributed by atoms with E-state index < -0.39 is 5.25 Å². The number of hydrogen-bond acceptors (Lipinski definition) is 4. The molecule has 3 rings (SSSR count). The standard InChI is InChI=1S/C13H11ClN4O2S/c14-7-1-2-9-8(5-7)16-13(20)10(21-9)6-12(19)17-11-3-4-15-18-11/h1-5,10H,6H2,(H,16,20)(H2,15,17,18,19). The molecule has 1 aliphatic heterocycles. The Kier molecular flexibility index (Phi) is 3.85. The van der Waals surface area contributed by atoms with E-state index in [4.69, 9.17) is 11.6 Å². The first-order valence-corrected chi connectivity index (χ1v) is 7.44. The van der Waals surface area contributed by atoms with E-state index >= 15 is 0 Å². The summed E-state index contributed by atoms with van der Waals surface area (Å²) in [6, 6.07) is 6.93. The van der Waals surface area contributed by atoms with Crippen molar-refractivity contribution < 1.29 is 9.59 Å². The SMILES string of the molecule is O=C(CC1Sc2ccc(Cl)cc2NC1=O)Nc1ccn[nH]1. The quantitative estimate of drug-likeness (QED) is 0.810. The van der Waals surface area contributed by atoms with E-state index in [0.717, 1.165) is 4.90 Å². The average Bonchev–Trinajstić information content (AvgIpc) is 2.92. The summed E-state index contributed by atoms with van der Waals surface area (Å²) in [5, 5.41) is 11.9. The van der Waals surface area contributed by atoms with Crippen LogP contribution in [0.15, 0.2) is 35.4 Å². The van der Waals surface area contributed by atoms with Crippen molar-refractivity contribution in [1.29, 1.82) is 0 Å². The minimum atomic E-state index is -0.471. The van der Waals surface area contributed by atoms with Crippen molar-refractivity contribution in [2.75, 3.05) is 10.6 Å². The second-order valence-corrected chi connectivity index (χ2v) is 6.14. The molecule has 0 fully saturated rings. The summed E-state index contributed by atoms with van der Waals surface area (Å²) < 4.78 is 0. The van der Waals surface area contributed by atoms with Crippen LogP contribution in [-0.2, 0) is 9.59 Å².